The first-order valence-corrected chi connectivity index (χ1v) is 9.25. The Bertz CT molecular complexity index is 918. The number of nitrogens with one attached hydrogen (secondary N) is 2. The van der Waals surface area contributed by atoms with Crippen molar-refractivity contribution < 1.29 is 4.74 Å². The smallest absolute Gasteiger partial charge is 0.227 e. The lowest BCUT2D eigenvalue weighted by Gasteiger charge is -2.08. The molecule has 136 valence electrons. The number of anilines is 3. The van der Waals surface area contributed by atoms with E-state index in [4.69, 9.17) is 39.5 Å². The van der Waals surface area contributed by atoms with Crippen molar-refractivity contribution in [2.45, 2.75) is 13.5 Å². The highest BCUT2D eigenvalue weighted by atomic mass is 35.5. The first kappa shape index (κ1) is 18.9. The van der Waals surface area contributed by atoms with Crippen LogP contribution in [0.5, 0.6) is 5.75 Å². The summed E-state index contributed by atoms with van der Waals surface area (Å²) < 4.78 is 5.65. The highest BCUT2D eigenvalue weighted by Crippen LogP contribution is 2.41. The zero-order valence-corrected chi connectivity index (χ0v) is 16.8. The van der Waals surface area contributed by atoms with Gasteiger partial charge in [-0.1, -0.05) is 23.2 Å². The van der Waals surface area contributed by atoms with E-state index in [0.29, 0.717) is 33.3 Å². The molecule has 0 aliphatic carbocycles. The number of hydrogen-bond acceptors (Lipinski definition) is 8. The molecular weight excluding hydrogens is 419 g/mol. The fourth-order valence-corrected chi connectivity index (χ4v) is 3.77. The minimum absolute atomic E-state index is 0.106. The lowest BCUT2D eigenvalue weighted by atomic mass is 10.2. The van der Waals surface area contributed by atoms with Crippen LogP contribution in [0.3, 0.4) is 0 Å². The van der Waals surface area contributed by atoms with E-state index in [9.17, 15) is 0 Å². The van der Waals surface area contributed by atoms with E-state index in [0.717, 1.165) is 16.3 Å². The van der Waals surface area contributed by atoms with Crippen LogP contribution in [0, 0.1) is 6.92 Å². The second-order valence-electron chi connectivity index (χ2n) is 5.09. The van der Waals surface area contributed by atoms with Gasteiger partial charge in [0.25, 0.3) is 0 Å². The van der Waals surface area contributed by atoms with E-state index < -0.39 is 0 Å². The Balaban J connectivity index is 1.74. The second-order valence-corrected chi connectivity index (χ2v) is 7.40. The average Bonchev–Trinajstić information content (AvgIpc) is 2.88. The van der Waals surface area contributed by atoms with Crippen molar-refractivity contribution in [2.24, 2.45) is 0 Å². The van der Waals surface area contributed by atoms with Gasteiger partial charge >= 0.3 is 0 Å². The fraction of sp³-hybridized carbons (Fsp3) is 0.200. The molecule has 3 aromatic heterocycles. The van der Waals surface area contributed by atoms with Crippen molar-refractivity contribution in [1.29, 1.82) is 0 Å². The van der Waals surface area contributed by atoms with Crippen molar-refractivity contribution in [3.05, 3.63) is 44.5 Å². The van der Waals surface area contributed by atoms with Crippen LogP contribution in [0.2, 0.25) is 14.8 Å². The van der Waals surface area contributed by atoms with Gasteiger partial charge in [0.05, 0.1) is 25.2 Å². The summed E-state index contributed by atoms with van der Waals surface area (Å²) in [6.45, 7) is 2.35. The molecule has 3 rings (SSSR count). The van der Waals surface area contributed by atoms with Gasteiger partial charge in [-0.2, -0.15) is 0 Å². The lowest BCUT2D eigenvalue weighted by Crippen LogP contribution is -2.03. The van der Waals surface area contributed by atoms with Gasteiger partial charge in [0.2, 0.25) is 11.2 Å². The van der Waals surface area contributed by atoms with Crippen molar-refractivity contribution in [1.82, 2.24) is 19.9 Å². The van der Waals surface area contributed by atoms with Gasteiger partial charge in [-0.15, -0.1) is 11.3 Å². The Labute approximate surface area is 168 Å². The molecule has 0 spiro atoms. The first-order chi connectivity index (χ1) is 12.5. The molecule has 3 heterocycles. The zero-order valence-electron chi connectivity index (χ0n) is 13.7. The molecule has 0 radical (unpaired) electrons. The Morgan fingerprint density at radius 1 is 1.12 bits per heavy atom. The van der Waals surface area contributed by atoms with Gasteiger partial charge in [0.15, 0.2) is 5.75 Å². The van der Waals surface area contributed by atoms with Crippen LogP contribution < -0.4 is 15.4 Å². The van der Waals surface area contributed by atoms with Crippen molar-refractivity contribution >= 4 is 62.8 Å². The molecule has 3 aromatic rings. The third-order valence-electron chi connectivity index (χ3n) is 3.43. The summed E-state index contributed by atoms with van der Waals surface area (Å²) in [6, 6.07) is 0. The number of aromatic nitrogens is 4. The number of rotatable bonds is 6. The molecule has 0 fully saturated rings. The summed E-state index contributed by atoms with van der Waals surface area (Å²) in [5.41, 5.74) is 2.44. The normalized spacial score (nSPS) is 10.7. The molecule has 0 saturated heterocycles. The van der Waals surface area contributed by atoms with Crippen LogP contribution in [0.1, 0.15) is 11.1 Å². The largest absolute Gasteiger partial charge is 0.494 e. The molecule has 11 heteroatoms. The SMILES string of the molecule is COc1cnc(Nc2sc(Cl)c(NCc3cnc(Cl)nc3Cl)c2C)nc1. The number of halogens is 3. The molecule has 26 heavy (non-hydrogen) atoms. The monoisotopic (exact) mass is 430 g/mol. The van der Waals surface area contributed by atoms with Gasteiger partial charge < -0.3 is 15.4 Å². The molecule has 0 bridgehead atoms. The van der Waals surface area contributed by atoms with Crippen molar-refractivity contribution in [3.63, 3.8) is 0 Å². The predicted octanol–water partition coefficient (Wildman–Crippen LogP) is 4.96. The fourth-order valence-electron chi connectivity index (χ4n) is 2.06. The standard InChI is InChI=1S/C15H13Cl3N6OS/c1-7-10(19-3-8-4-20-14(18)23-11(8)16)12(17)26-13(7)24-15-21-5-9(25-2)6-22-15/h4-6,19H,3H2,1-2H3,(H,21,22,24). The van der Waals surface area contributed by atoms with Crippen LogP contribution in [0.15, 0.2) is 18.6 Å². The first-order valence-electron chi connectivity index (χ1n) is 7.30. The van der Waals surface area contributed by atoms with Gasteiger partial charge in [0.1, 0.15) is 14.5 Å². The van der Waals surface area contributed by atoms with E-state index in [-0.39, 0.29) is 5.28 Å². The molecule has 0 aromatic carbocycles. The van der Waals surface area contributed by atoms with E-state index in [2.05, 4.69) is 30.6 Å². The minimum Gasteiger partial charge on any atom is -0.494 e. The van der Waals surface area contributed by atoms with E-state index in [1.807, 2.05) is 6.92 Å². The number of methoxy groups -OCH3 is 1. The Morgan fingerprint density at radius 2 is 1.85 bits per heavy atom. The summed E-state index contributed by atoms with van der Waals surface area (Å²) in [6.07, 6.45) is 4.74. The van der Waals surface area contributed by atoms with Crippen molar-refractivity contribution in [3.8, 4) is 5.75 Å². The quantitative estimate of drug-likeness (QED) is 0.421. The highest BCUT2D eigenvalue weighted by Gasteiger charge is 2.15. The van der Waals surface area contributed by atoms with E-state index in [1.165, 1.54) is 11.3 Å². The number of nitrogens with zero attached hydrogens (tertiary/aromatic N) is 4. The average molecular weight is 432 g/mol. The van der Waals surface area contributed by atoms with Crippen LogP contribution in [-0.2, 0) is 6.54 Å². The maximum atomic E-state index is 6.37. The molecular formula is C15H13Cl3N6OS. The maximum Gasteiger partial charge on any atom is 0.227 e. The lowest BCUT2D eigenvalue weighted by molar-refractivity contribution is 0.411. The summed E-state index contributed by atoms with van der Waals surface area (Å²) in [5.74, 6) is 1.04. The third kappa shape index (κ3) is 4.27. The Morgan fingerprint density at radius 3 is 2.50 bits per heavy atom. The molecule has 0 saturated carbocycles. The van der Waals surface area contributed by atoms with Crippen LogP contribution >= 0.6 is 46.1 Å². The molecule has 0 aliphatic heterocycles. The molecule has 0 unspecified atom stereocenters. The molecule has 2 N–H and O–H groups in total. The van der Waals surface area contributed by atoms with Gasteiger partial charge in [0, 0.05) is 23.9 Å². The van der Waals surface area contributed by atoms with E-state index in [1.54, 1.807) is 25.7 Å². The number of thiophene rings is 1. The molecule has 0 amide bonds. The van der Waals surface area contributed by atoms with Gasteiger partial charge in [-0.05, 0) is 18.5 Å². The van der Waals surface area contributed by atoms with Crippen LogP contribution in [-0.4, -0.2) is 27.0 Å². The minimum atomic E-state index is 0.106. The summed E-state index contributed by atoms with van der Waals surface area (Å²) in [7, 11) is 1.56. The number of ether oxygens (including phenoxy) is 1. The zero-order chi connectivity index (χ0) is 18.7. The highest BCUT2D eigenvalue weighted by molar-refractivity contribution is 7.20. The van der Waals surface area contributed by atoms with Crippen molar-refractivity contribution in [2.75, 3.05) is 17.7 Å². The predicted molar refractivity (Wildman–Crippen MR) is 105 cm³/mol. The van der Waals surface area contributed by atoms with Gasteiger partial charge in [-0.3, -0.25) is 0 Å². The summed E-state index contributed by atoms with van der Waals surface area (Å²) in [5, 5.41) is 7.64. The van der Waals surface area contributed by atoms with Crippen LogP contribution in [0.25, 0.3) is 0 Å². The van der Waals surface area contributed by atoms with Gasteiger partial charge in [-0.25, -0.2) is 19.9 Å². The maximum absolute atomic E-state index is 6.37. The molecule has 0 atom stereocenters. The second kappa shape index (κ2) is 8.22. The summed E-state index contributed by atoms with van der Waals surface area (Å²) in [4.78, 5) is 16.2. The number of hydrogen-bond donors (Lipinski definition) is 2. The molecule has 0 aliphatic rings. The summed E-state index contributed by atoms with van der Waals surface area (Å²) >= 11 is 19.5. The van der Waals surface area contributed by atoms with E-state index >= 15 is 0 Å². The third-order valence-corrected chi connectivity index (χ3v) is 5.36. The Kier molecular flexibility index (Phi) is 5.98. The molecule has 7 nitrogen and oxygen atoms in total. The topological polar surface area (TPSA) is 84.9 Å². The van der Waals surface area contributed by atoms with Crippen LogP contribution in [0.4, 0.5) is 16.6 Å². The Hall–Kier alpha value is -1.87.